The molecule has 9 heteroatoms. The van der Waals surface area contributed by atoms with E-state index in [0.717, 1.165) is 73.5 Å². The van der Waals surface area contributed by atoms with E-state index in [-0.39, 0.29) is 5.75 Å². The summed E-state index contributed by atoms with van der Waals surface area (Å²) in [7, 11) is 3.38. The van der Waals surface area contributed by atoms with Gasteiger partial charge in [0, 0.05) is 56.6 Å². The van der Waals surface area contributed by atoms with Crippen LogP contribution in [-0.4, -0.2) is 74.6 Å². The van der Waals surface area contributed by atoms with Gasteiger partial charge in [-0.2, -0.15) is 5.10 Å². The SMILES string of the molecule is COc1ccc(-c2ccc3c(CCCN4CCN(SC)CC4)cn(-c4cnn(C)c4)c3n2)cc1F. The van der Waals surface area contributed by atoms with Crippen LogP contribution >= 0.6 is 11.9 Å². The van der Waals surface area contributed by atoms with Gasteiger partial charge in [-0.1, -0.05) is 11.9 Å². The van der Waals surface area contributed by atoms with Crippen molar-refractivity contribution in [3.63, 3.8) is 0 Å². The third-order valence-corrected chi connectivity index (χ3v) is 7.54. The van der Waals surface area contributed by atoms with E-state index in [2.05, 4.69) is 37.4 Å². The van der Waals surface area contributed by atoms with Gasteiger partial charge >= 0.3 is 0 Å². The molecule has 0 radical (unpaired) electrons. The van der Waals surface area contributed by atoms with Crippen LogP contribution in [0.15, 0.2) is 48.9 Å². The number of piperazine rings is 1. The molecule has 4 heterocycles. The first-order chi connectivity index (χ1) is 17.1. The van der Waals surface area contributed by atoms with Crippen molar-refractivity contribution in [1.29, 1.82) is 0 Å². The normalized spacial score (nSPS) is 15.2. The first-order valence-corrected chi connectivity index (χ1v) is 13.1. The van der Waals surface area contributed by atoms with E-state index in [9.17, 15) is 4.39 Å². The summed E-state index contributed by atoms with van der Waals surface area (Å²) >= 11 is 1.84. The number of hydrogen-bond acceptors (Lipinski definition) is 6. The Morgan fingerprint density at radius 1 is 1.09 bits per heavy atom. The largest absolute Gasteiger partial charge is 0.494 e. The number of ether oxygens (including phenoxy) is 1. The number of nitrogens with zero attached hydrogens (tertiary/aromatic N) is 6. The van der Waals surface area contributed by atoms with Crippen LogP contribution < -0.4 is 4.74 Å². The van der Waals surface area contributed by atoms with Crippen molar-refractivity contribution >= 4 is 23.0 Å². The first-order valence-electron chi connectivity index (χ1n) is 11.9. The van der Waals surface area contributed by atoms with Crippen LogP contribution in [0.5, 0.6) is 5.75 Å². The molecule has 0 saturated carbocycles. The van der Waals surface area contributed by atoms with Gasteiger partial charge < -0.3 is 9.64 Å². The maximum absolute atomic E-state index is 14.4. The lowest BCUT2D eigenvalue weighted by Crippen LogP contribution is -2.43. The summed E-state index contributed by atoms with van der Waals surface area (Å²) in [5, 5.41) is 5.47. The average Bonchev–Trinajstić information content (AvgIpc) is 3.47. The van der Waals surface area contributed by atoms with Crippen molar-refractivity contribution < 1.29 is 9.13 Å². The molecule has 1 fully saturated rings. The minimum atomic E-state index is -0.395. The van der Waals surface area contributed by atoms with Crippen LogP contribution in [0.25, 0.3) is 28.0 Å². The molecule has 0 amide bonds. The maximum Gasteiger partial charge on any atom is 0.165 e. The number of rotatable bonds is 8. The van der Waals surface area contributed by atoms with Crippen LogP contribution in [0, 0.1) is 5.82 Å². The molecule has 1 saturated heterocycles. The Kier molecular flexibility index (Phi) is 7.08. The topological polar surface area (TPSA) is 51.4 Å². The van der Waals surface area contributed by atoms with Gasteiger partial charge in [-0.05, 0) is 61.5 Å². The van der Waals surface area contributed by atoms with E-state index in [4.69, 9.17) is 9.72 Å². The predicted octanol–water partition coefficient (Wildman–Crippen LogP) is 4.40. The van der Waals surface area contributed by atoms with Crippen LogP contribution in [0.4, 0.5) is 4.39 Å². The van der Waals surface area contributed by atoms with Gasteiger partial charge in [-0.3, -0.25) is 9.25 Å². The zero-order valence-corrected chi connectivity index (χ0v) is 21.3. The monoisotopic (exact) mass is 494 g/mol. The van der Waals surface area contributed by atoms with Crippen molar-refractivity contribution in [1.82, 2.24) is 28.5 Å². The number of methoxy groups -OCH3 is 1. The van der Waals surface area contributed by atoms with Crippen molar-refractivity contribution in [2.75, 3.05) is 46.1 Å². The van der Waals surface area contributed by atoms with E-state index in [0.29, 0.717) is 0 Å². The van der Waals surface area contributed by atoms with Crippen LogP contribution in [0.1, 0.15) is 12.0 Å². The molecule has 184 valence electrons. The first kappa shape index (κ1) is 23.8. The molecule has 0 aliphatic carbocycles. The number of pyridine rings is 1. The zero-order chi connectivity index (χ0) is 24.4. The molecular weight excluding hydrogens is 463 g/mol. The highest BCUT2D eigenvalue weighted by Gasteiger charge is 2.17. The molecule has 5 rings (SSSR count). The number of aromatic nitrogens is 4. The van der Waals surface area contributed by atoms with Crippen molar-refractivity contribution in [2.45, 2.75) is 12.8 Å². The lowest BCUT2D eigenvalue weighted by atomic mass is 10.1. The Balaban J connectivity index is 1.42. The molecule has 7 nitrogen and oxygen atoms in total. The van der Waals surface area contributed by atoms with Crippen LogP contribution in [0.2, 0.25) is 0 Å². The summed E-state index contributed by atoms with van der Waals surface area (Å²) in [6.45, 7) is 5.60. The number of halogens is 1. The van der Waals surface area contributed by atoms with E-state index in [1.54, 1.807) is 10.7 Å². The predicted molar refractivity (Wildman–Crippen MR) is 140 cm³/mol. The lowest BCUT2D eigenvalue weighted by molar-refractivity contribution is 0.195. The van der Waals surface area contributed by atoms with Gasteiger partial charge in [0.1, 0.15) is 5.65 Å². The zero-order valence-electron chi connectivity index (χ0n) is 20.4. The molecular formula is C26H31FN6OS. The quantitative estimate of drug-likeness (QED) is 0.339. The molecule has 0 unspecified atom stereocenters. The molecule has 4 aromatic rings. The minimum absolute atomic E-state index is 0.228. The number of hydrogen-bond donors (Lipinski definition) is 0. The molecule has 0 atom stereocenters. The van der Waals surface area contributed by atoms with Gasteiger partial charge in [0.15, 0.2) is 11.6 Å². The third-order valence-electron chi connectivity index (χ3n) is 6.66. The van der Waals surface area contributed by atoms with E-state index in [1.165, 1.54) is 18.7 Å². The van der Waals surface area contributed by atoms with Gasteiger partial charge in [0.25, 0.3) is 0 Å². The average molecular weight is 495 g/mol. The second kappa shape index (κ2) is 10.4. The van der Waals surface area contributed by atoms with E-state index >= 15 is 0 Å². The van der Waals surface area contributed by atoms with E-state index in [1.807, 2.05) is 43.5 Å². The molecule has 0 spiro atoms. The molecule has 1 aliphatic heterocycles. The van der Waals surface area contributed by atoms with Crippen molar-refractivity contribution in [3.05, 3.63) is 60.3 Å². The molecule has 0 N–H and O–H groups in total. The van der Waals surface area contributed by atoms with Gasteiger partial charge in [-0.25, -0.2) is 13.7 Å². The summed E-state index contributed by atoms with van der Waals surface area (Å²) in [6.07, 6.45) is 10.2. The summed E-state index contributed by atoms with van der Waals surface area (Å²) < 4.78 is 25.7. The second-order valence-electron chi connectivity index (χ2n) is 8.87. The molecule has 1 aliphatic rings. The Labute approximate surface area is 209 Å². The van der Waals surface area contributed by atoms with Gasteiger partial charge in [0.05, 0.1) is 24.7 Å². The number of benzene rings is 1. The highest BCUT2D eigenvalue weighted by atomic mass is 32.2. The van der Waals surface area contributed by atoms with Gasteiger partial charge in [-0.15, -0.1) is 0 Å². The Hall–Kier alpha value is -2.88. The summed E-state index contributed by atoms with van der Waals surface area (Å²) in [6, 6.07) is 9.04. The highest BCUT2D eigenvalue weighted by Crippen LogP contribution is 2.30. The summed E-state index contributed by atoms with van der Waals surface area (Å²) in [5.74, 6) is -0.167. The van der Waals surface area contributed by atoms with Crippen LogP contribution in [0.3, 0.4) is 0 Å². The molecule has 3 aromatic heterocycles. The summed E-state index contributed by atoms with van der Waals surface area (Å²) in [4.78, 5) is 7.52. The Morgan fingerprint density at radius 2 is 1.91 bits per heavy atom. The highest BCUT2D eigenvalue weighted by molar-refractivity contribution is 7.96. The number of fused-ring (bicyclic) bond motifs is 1. The lowest BCUT2D eigenvalue weighted by Gasteiger charge is -2.33. The van der Waals surface area contributed by atoms with Gasteiger partial charge in [0.2, 0.25) is 0 Å². The smallest absolute Gasteiger partial charge is 0.165 e. The summed E-state index contributed by atoms with van der Waals surface area (Å²) in [5.41, 5.74) is 4.53. The third kappa shape index (κ3) is 5.07. The second-order valence-corrected chi connectivity index (χ2v) is 9.75. The maximum atomic E-state index is 14.4. The van der Waals surface area contributed by atoms with E-state index < -0.39 is 5.82 Å². The number of aryl methyl sites for hydroxylation is 2. The van der Waals surface area contributed by atoms with Crippen molar-refractivity contribution in [3.8, 4) is 22.7 Å². The van der Waals surface area contributed by atoms with Crippen LogP contribution in [-0.2, 0) is 13.5 Å². The minimum Gasteiger partial charge on any atom is -0.494 e. The van der Waals surface area contributed by atoms with Crippen molar-refractivity contribution in [2.24, 2.45) is 7.05 Å². The fourth-order valence-electron chi connectivity index (χ4n) is 4.71. The molecule has 0 bridgehead atoms. The fourth-order valence-corrected chi connectivity index (χ4v) is 5.24. The Morgan fingerprint density at radius 3 is 2.60 bits per heavy atom. The molecule has 35 heavy (non-hydrogen) atoms. The standard InChI is InChI=1S/C26H31FN6OS/c1-30-18-21(16-28-30)33-17-20(5-4-10-31-11-13-32(35-3)14-12-31)22-7-8-24(29-26(22)33)19-6-9-25(34-2)23(27)15-19/h6-9,15-18H,4-5,10-14H2,1-3H3. The molecule has 1 aromatic carbocycles. The fraction of sp³-hybridized carbons (Fsp3) is 0.385. The Bertz CT molecular complexity index is 1310.